The molecule has 1 aliphatic heterocycles. The molecule has 17 heavy (non-hydrogen) atoms. The van der Waals surface area contributed by atoms with Crippen molar-refractivity contribution in [1.29, 1.82) is 0 Å². The van der Waals surface area contributed by atoms with Gasteiger partial charge in [-0.05, 0) is 34.1 Å². The van der Waals surface area contributed by atoms with Crippen molar-refractivity contribution in [2.75, 3.05) is 23.4 Å². The summed E-state index contributed by atoms with van der Waals surface area (Å²) in [4.78, 5) is 11.8. The van der Waals surface area contributed by atoms with Crippen molar-refractivity contribution in [2.45, 2.75) is 6.04 Å². The van der Waals surface area contributed by atoms with Gasteiger partial charge in [-0.15, -0.1) is 0 Å². The number of thioether (sulfide) groups is 1. The average Bonchev–Trinajstić information content (AvgIpc) is 2.35. The third-order valence-electron chi connectivity index (χ3n) is 2.43. The zero-order chi connectivity index (χ0) is 12.3. The van der Waals surface area contributed by atoms with Crippen molar-refractivity contribution >= 4 is 39.3 Å². The maximum absolute atomic E-state index is 13.3. The molecule has 2 rings (SSSR count). The maximum Gasteiger partial charge on any atom is 0.242 e. The molecule has 0 spiro atoms. The lowest BCUT2D eigenvalue weighted by Gasteiger charge is -2.22. The topological polar surface area (TPSA) is 41.1 Å². The zero-order valence-electron chi connectivity index (χ0n) is 9.00. The molecule has 1 fully saturated rings. The number of carbonyl (C=O) groups excluding carboxylic acids is 1. The van der Waals surface area contributed by atoms with Gasteiger partial charge in [-0.3, -0.25) is 4.79 Å². The van der Waals surface area contributed by atoms with Crippen molar-refractivity contribution in [1.82, 2.24) is 5.32 Å². The Balaban J connectivity index is 1.99. The van der Waals surface area contributed by atoms with Crippen LogP contribution in [0.4, 0.5) is 10.1 Å². The molecule has 6 heteroatoms. The monoisotopic (exact) mass is 318 g/mol. The first kappa shape index (κ1) is 12.9. The summed E-state index contributed by atoms with van der Waals surface area (Å²) in [6, 6.07) is 4.35. The molecule has 1 atom stereocenters. The number of hydrogen-bond donors (Lipinski definition) is 2. The predicted octanol–water partition coefficient (Wildman–Crippen LogP) is 2.23. The van der Waals surface area contributed by atoms with Crippen LogP contribution in [-0.2, 0) is 4.79 Å². The standard InChI is InChI=1S/C11H12BrFN2OS/c12-8-2-1-7(5-9(8)13)15-11(16)10-6-17-4-3-14-10/h1-2,5,10,14H,3-4,6H2,(H,15,16). The molecule has 0 bridgehead atoms. The van der Waals surface area contributed by atoms with Gasteiger partial charge in [0.2, 0.25) is 5.91 Å². The summed E-state index contributed by atoms with van der Waals surface area (Å²) in [5.41, 5.74) is 0.480. The highest BCUT2D eigenvalue weighted by Crippen LogP contribution is 2.19. The van der Waals surface area contributed by atoms with E-state index in [1.165, 1.54) is 6.07 Å². The number of benzene rings is 1. The van der Waals surface area contributed by atoms with Crippen LogP contribution in [0.2, 0.25) is 0 Å². The molecule has 1 aliphatic rings. The fourth-order valence-corrected chi connectivity index (χ4v) is 2.72. The van der Waals surface area contributed by atoms with Crippen LogP contribution in [-0.4, -0.2) is 30.0 Å². The summed E-state index contributed by atoms with van der Waals surface area (Å²) in [6.07, 6.45) is 0. The van der Waals surface area contributed by atoms with Crippen LogP contribution in [0.1, 0.15) is 0 Å². The van der Waals surface area contributed by atoms with E-state index in [0.29, 0.717) is 10.2 Å². The number of rotatable bonds is 2. The number of carbonyl (C=O) groups is 1. The Kier molecular flexibility index (Phi) is 4.42. The number of hydrogen-bond acceptors (Lipinski definition) is 3. The number of amides is 1. The van der Waals surface area contributed by atoms with Gasteiger partial charge in [-0.2, -0.15) is 11.8 Å². The van der Waals surface area contributed by atoms with Crippen molar-refractivity contribution < 1.29 is 9.18 Å². The van der Waals surface area contributed by atoms with Crippen LogP contribution >= 0.6 is 27.7 Å². The smallest absolute Gasteiger partial charge is 0.242 e. The van der Waals surface area contributed by atoms with Crippen LogP contribution in [0.5, 0.6) is 0 Å². The van der Waals surface area contributed by atoms with Crippen molar-refractivity contribution in [2.24, 2.45) is 0 Å². The van der Waals surface area contributed by atoms with Crippen LogP contribution < -0.4 is 10.6 Å². The number of halogens is 2. The summed E-state index contributed by atoms with van der Waals surface area (Å²) in [5.74, 6) is 1.29. The summed E-state index contributed by atoms with van der Waals surface area (Å²) >= 11 is 4.81. The van der Waals surface area contributed by atoms with Crippen molar-refractivity contribution in [3.05, 3.63) is 28.5 Å². The van der Waals surface area contributed by atoms with E-state index in [-0.39, 0.29) is 17.8 Å². The minimum Gasteiger partial charge on any atom is -0.325 e. The number of anilines is 1. The fourth-order valence-electron chi connectivity index (χ4n) is 1.54. The predicted molar refractivity (Wildman–Crippen MR) is 71.8 cm³/mol. The Labute approximate surface area is 112 Å². The summed E-state index contributed by atoms with van der Waals surface area (Å²) < 4.78 is 13.6. The summed E-state index contributed by atoms with van der Waals surface area (Å²) in [5, 5.41) is 5.83. The highest BCUT2D eigenvalue weighted by molar-refractivity contribution is 9.10. The Morgan fingerprint density at radius 2 is 2.41 bits per heavy atom. The van der Waals surface area contributed by atoms with E-state index in [4.69, 9.17) is 0 Å². The third-order valence-corrected chi connectivity index (χ3v) is 4.13. The van der Waals surface area contributed by atoms with Gasteiger partial charge in [0.05, 0.1) is 10.5 Å². The third kappa shape index (κ3) is 3.43. The molecular formula is C11H12BrFN2OS. The van der Waals surface area contributed by atoms with Gasteiger partial charge in [-0.1, -0.05) is 0 Å². The molecule has 1 saturated heterocycles. The van der Waals surface area contributed by atoms with Crippen molar-refractivity contribution in [3.63, 3.8) is 0 Å². The second-order valence-corrected chi connectivity index (χ2v) is 5.70. The first-order valence-corrected chi connectivity index (χ1v) is 7.18. The largest absolute Gasteiger partial charge is 0.325 e. The van der Waals surface area contributed by atoms with E-state index >= 15 is 0 Å². The van der Waals surface area contributed by atoms with E-state index in [0.717, 1.165) is 18.1 Å². The fraction of sp³-hybridized carbons (Fsp3) is 0.364. The molecular weight excluding hydrogens is 307 g/mol. The molecule has 0 saturated carbocycles. The molecule has 1 aromatic carbocycles. The van der Waals surface area contributed by atoms with E-state index in [9.17, 15) is 9.18 Å². The molecule has 3 nitrogen and oxygen atoms in total. The first-order chi connectivity index (χ1) is 8.16. The normalized spacial score (nSPS) is 20.0. The van der Waals surface area contributed by atoms with Crippen LogP contribution in [0.25, 0.3) is 0 Å². The molecule has 0 radical (unpaired) electrons. The van der Waals surface area contributed by atoms with E-state index in [1.54, 1.807) is 23.9 Å². The molecule has 1 aromatic rings. The second kappa shape index (κ2) is 5.84. The van der Waals surface area contributed by atoms with Crippen LogP contribution in [0.15, 0.2) is 22.7 Å². The van der Waals surface area contributed by atoms with Gasteiger partial charge in [0.1, 0.15) is 5.82 Å². The van der Waals surface area contributed by atoms with Gasteiger partial charge < -0.3 is 10.6 Å². The van der Waals surface area contributed by atoms with Gasteiger partial charge >= 0.3 is 0 Å². The zero-order valence-corrected chi connectivity index (χ0v) is 11.4. The lowest BCUT2D eigenvalue weighted by molar-refractivity contribution is -0.117. The van der Waals surface area contributed by atoms with Gasteiger partial charge in [0, 0.05) is 23.7 Å². The minimum absolute atomic E-state index is 0.112. The van der Waals surface area contributed by atoms with E-state index < -0.39 is 0 Å². The number of nitrogens with one attached hydrogen (secondary N) is 2. The molecule has 1 unspecified atom stereocenters. The lowest BCUT2D eigenvalue weighted by atomic mass is 10.2. The molecule has 0 aliphatic carbocycles. The average molecular weight is 319 g/mol. The maximum atomic E-state index is 13.3. The Morgan fingerprint density at radius 1 is 1.59 bits per heavy atom. The Morgan fingerprint density at radius 3 is 3.06 bits per heavy atom. The Hall–Kier alpha value is -0.590. The Bertz CT molecular complexity index is 424. The quantitative estimate of drug-likeness (QED) is 0.878. The molecule has 1 amide bonds. The van der Waals surface area contributed by atoms with Crippen molar-refractivity contribution in [3.8, 4) is 0 Å². The molecule has 2 N–H and O–H groups in total. The highest BCUT2D eigenvalue weighted by Gasteiger charge is 2.20. The van der Waals surface area contributed by atoms with Crippen LogP contribution in [0.3, 0.4) is 0 Å². The highest BCUT2D eigenvalue weighted by atomic mass is 79.9. The first-order valence-electron chi connectivity index (χ1n) is 5.24. The molecule has 0 aromatic heterocycles. The van der Waals surface area contributed by atoms with E-state index in [1.807, 2.05) is 0 Å². The second-order valence-electron chi connectivity index (χ2n) is 3.70. The van der Waals surface area contributed by atoms with E-state index in [2.05, 4.69) is 26.6 Å². The minimum atomic E-state index is -0.381. The summed E-state index contributed by atoms with van der Waals surface area (Å²) in [7, 11) is 0. The van der Waals surface area contributed by atoms with Gasteiger partial charge in [-0.25, -0.2) is 4.39 Å². The molecule has 1 heterocycles. The van der Waals surface area contributed by atoms with Crippen LogP contribution in [0, 0.1) is 5.82 Å². The SMILES string of the molecule is O=C(Nc1ccc(Br)c(F)c1)C1CSCCN1. The van der Waals surface area contributed by atoms with Gasteiger partial charge in [0.15, 0.2) is 0 Å². The molecule has 92 valence electrons. The van der Waals surface area contributed by atoms with Gasteiger partial charge in [0.25, 0.3) is 0 Å². The lowest BCUT2D eigenvalue weighted by Crippen LogP contribution is -2.46. The summed E-state index contributed by atoms with van der Waals surface area (Å²) in [6.45, 7) is 0.831.